The number of hydrogen-bond donors (Lipinski definition) is 1. The van der Waals surface area contributed by atoms with E-state index in [0.717, 1.165) is 29.5 Å². The van der Waals surface area contributed by atoms with E-state index in [1.165, 1.54) is 16.9 Å². The van der Waals surface area contributed by atoms with Gasteiger partial charge in [-0.1, -0.05) is 25.5 Å². The van der Waals surface area contributed by atoms with E-state index in [2.05, 4.69) is 32.0 Å². The van der Waals surface area contributed by atoms with Crippen LogP contribution in [0.2, 0.25) is 0 Å². The van der Waals surface area contributed by atoms with E-state index in [4.69, 9.17) is 5.73 Å². The van der Waals surface area contributed by atoms with Crippen LogP contribution in [0.4, 0.5) is 5.69 Å². The number of nitrogen functional groups attached to an aromatic ring is 1. The number of benzene rings is 1. The molecule has 0 atom stereocenters. The summed E-state index contributed by atoms with van der Waals surface area (Å²) in [6, 6.07) is 6.62. The van der Waals surface area contributed by atoms with E-state index in [0.29, 0.717) is 22.5 Å². The Hall–Kier alpha value is -1.55. The maximum Gasteiger partial charge on any atom is 0.266 e. The van der Waals surface area contributed by atoms with Crippen LogP contribution in [-0.2, 0) is 0 Å². The minimum Gasteiger partial charge on any atom is -0.397 e. The molecule has 0 radical (unpaired) electrons. The predicted molar refractivity (Wildman–Crippen MR) is 89.9 cm³/mol. The summed E-state index contributed by atoms with van der Waals surface area (Å²) in [6.07, 6.45) is 2.25. The number of aryl methyl sites for hydroxylation is 1. The second-order valence-corrected chi connectivity index (χ2v) is 7.48. The van der Waals surface area contributed by atoms with E-state index < -0.39 is 0 Å². The van der Waals surface area contributed by atoms with E-state index in [1.54, 1.807) is 0 Å². The van der Waals surface area contributed by atoms with Crippen LogP contribution in [0.25, 0.3) is 10.1 Å². The number of thiophene rings is 1. The third-order valence-electron chi connectivity index (χ3n) is 3.89. The molecule has 1 heterocycles. The number of rotatable bonds is 4. The fraction of sp³-hybridized carbons (Fsp3) is 0.471. The van der Waals surface area contributed by atoms with Crippen molar-refractivity contribution in [2.24, 2.45) is 5.92 Å². The van der Waals surface area contributed by atoms with Crippen LogP contribution in [0, 0.1) is 12.8 Å². The first-order chi connectivity index (χ1) is 9.97. The van der Waals surface area contributed by atoms with Crippen molar-refractivity contribution in [1.82, 2.24) is 4.90 Å². The van der Waals surface area contributed by atoms with Crippen LogP contribution >= 0.6 is 11.3 Å². The van der Waals surface area contributed by atoms with Gasteiger partial charge in [0.1, 0.15) is 4.88 Å². The molecule has 1 saturated carbocycles. The Morgan fingerprint density at radius 1 is 1.43 bits per heavy atom. The monoisotopic (exact) mass is 302 g/mol. The maximum absolute atomic E-state index is 12.9. The lowest BCUT2D eigenvalue weighted by atomic mass is 10.1. The Morgan fingerprint density at radius 3 is 2.76 bits per heavy atom. The highest BCUT2D eigenvalue weighted by Gasteiger charge is 2.34. The highest BCUT2D eigenvalue weighted by molar-refractivity contribution is 7.21. The molecule has 3 nitrogen and oxygen atoms in total. The second kappa shape index (κ2) is 5.34. The molecule has 2 aromatic rings. The Kier molecular flexibility index (Phi) is 3.66. The summed E-state index contributed by atoms with van der Waals surface area (Å²) >= 11 is 1.53. The summed E-state index contributed by atoms with van der Waals surface area (Å²) in [5.74, 6) is 0.593. The smallest absolute Gasteiger partial charge is 0.266 e. The summed E-state index contributed by atoms with van der Waals surface area (Å²) in [6.45, 7) is 7.17. The fourth-order valence-corrected chi connectivity index (χ4v) is 3.76. The Bertz CT molecular complexity index is 685. The van der Waals surface area contributed by atoms with E-state index in [9.17, 15) is 4.79 Å². The van der Waals surface area contributed by atoms with Crippen LogP contribution in [0.1, 0.15) is 41.9 Å². The summed E-state index contributed by atoms with van der Waals surface area (Å²) in [7, 11) is 0. The van der Waals surface area contributed by atoms with Gasteiger partial charge in [0, 0.05) is 22.7 Å². The number of fused-ring (bicyclic) bond motifs is 1. The van der Waals surface area contributed by atoms with Crippen LogP contribution in [0.5, 0.6) is 0 Å². The third kappa shape index (κ3) is 2.77. The van der Waals surface area contributed by atoms with Gasteiger partial charge in [0.15, 0.2) is 0 Å². The van der Waals surface area contributed by atoms with Gasteiger partial charge >= 0.3 is 0 Å². The number of amides is 1. The van der Waals surface area contributed by atoms with Crippen molar-refractivity contribution in [3.8, 4) is 0 Å². The average Bonchev–Trinajstić information content (AvgIpc) is 3.21. The van der Waals surface area contributed by atoms with Gasteiger partial charge in [-0.25, -0.2) is 0 Å². The van der Waals surface area contributed by atoms with E-state index in [-0.39, 0.29) is 5.91 Å². The van der Waals surface area contributed by atoms with Gasteiger partial charge in [0.05, 0.1) is 5.69 Å². The number of nitrogens with zero attached hydrogens (tertiary/aromatic N) is 1. The van der Waals surface area contributed by atoms with Crippen molar-refractivity contribution in [2.45, 2.75) is 39.7 Å². The molecule has 0 spiro atoms. The molecule has 1 fully saturated rings. The van der Waals surface area contributed by atoms with Crippen molar-refractivity contribution < 1.29 is 4.79 Å². The predicted octanol–water partition coefficient (Wildman–Crippen LogP) is 4.05. The molecule has 0 unspecified atom stereocenters. The maximum atomic E-state index is 12.9. The Morgan fingerprint density at radius 2 is 2.14 bits per heavy atom. The third-order valence-corrected chi connectivity index (χ3v) is 5.06. The molecule has 1 aromatic heterocycles. The second-order valence-electron chi connectivity index (χ2n) is 6.43. The molecule has 3 rings (SSSR count). The molecular formula is C17H22N2OS. The van der Waals surface area contributed by atoms with Gasteiger partial charge in [0.25, 0.3) is 5.91 Å². The van der Waals surface area contributed by atoms with Crippen LogP contribution in [-0.4, -0.2) is 23.4 Å². The molecule has 112 valence electrons. The summed E-state index contributed by atoms with van der Waals surface area (Å²) < 4.78 is 1.10. The zero-order valence-corrected chi connectivity index (χ0v) is 13.7. The van der Waals surface area contributed by atoms with Crippen LogP contribution in [0.3, 0.4) is 0 Å². The largest absolute Gasteiger partial charge is 0.397 e. The normalized spacial score (nSPS) is 14.9. The molecular weight excluding hydrogens is 280 g/mol. The molecule has 1 amide bonds. The zero-order valence-electron chi connectivity index (χ0n) is 12.8. The lowest BCUT2D eigenvalue weighted by Crippen LogP contribution is -2.36. The number of hydrogen-bond acceptors (Lipinski definition) is 3. The molecule has 0 saturated heterocycles. The van der Waals surface area contributed by atoms with Gasteiger partial charge in [-0.15, -0.1) is 11.3 Å². The van der Waals surface area contributed by atoms with Crippen LogP contribution in [0.15, 0.2) is 18.2 Å². The molecule has 21 heavy (non-hydrogen) atoms. The highest BCUT2D eigenvalue weighted by Crippen LogP contribution is 2.37. The molecule has 1 aliphatic carbocycles. The van der Waals surface area contributed by atoms with Crippen molar-refractivity contribution in [3.63, 3.8) is 0 Å². The minimum absolute atomic E-state index is 0.113. The lowest BCUT2D eigenvalue weighted by molar-refractivity contribution is 0.0728. The molecule has 1 aliphatic rings. The Balaban J connectivity index is 1.98. The number of carbonyl (C=O) groups is 1. The first kappa shape index (κ1) is 14.4. The molecule has 0 aliphatic heterocycles. The lowest BCUT2D eigenvalue weighted by Gasteiger charge is -2.24. The van der Waals surface area contributed by atoms with Crippen molar-refractivity contribution in [3.05, 3.63) is 28.6 Å². The standard InChI is InChI=1S/C17H22N2OS/c1-10(2)9-19(12-5-6-12)17(20)16-15(18)13-8-11(3)4-7-14(13)21-16/h4,7-8,10,12H,5-6,9,18H2,1-3H3. The first-order valence-electron chi connectivity index (χ1n) is 7.57. The van der Waals surface area contributed by atoms with Gasteiger partial charge in [-0.05, 0) is 37.8 Å². The van der Waals surface area contributed by atoms with E-state index in [1.807, 2.05) is 11.8 Å². The van der Waals surface area contributed by atoms with Gasteiger partial charge in [-0.3, -0.25) is 4.79 Å². The summed E-state index contributed by atoms with van der Waals surface area (Å²) in [5.41, 5.74) is 8.09. The number of anilines is 1. The average molecular weight is 302 g/mol. The van der Waals surface area contributed by atoms with Crippen molar-refractivity contribution in [1.29, 1.82) is 0 Å². The summed E-state index contributed by atoms with van der Waals surface area (Å²) in [4.78, 5) is 15.6. The van der Waals surface area contributed by atoms with Gasteiger partial charge in [-0.2, -0.15) is 0 Å². The number of nitrogens with two attached hydrogens (primary N) is 1. The minimum atomic E-state index is 0.113. The molecule has 0 bridgehead atoms. The zero-order chi connectivity index (χ0) is 15.1. The highest BCUT2D eigenvalue weighted by atomic mass is 32.1. The summed E-state index contributed by atoms with van der Waals surface area (Å²) in [5, 5.41) is 1.02. The van der Waals surface area contributed by atoms with Gasteiger partial charge in [0.2, 0.25) is 0 Å². The Labute approximate surface area is 129 Å². The van der Waals surface area contributed by atoms with Gasteiger partial charge < -0.3 is 10.6 Å². The molecule has 1 aromatic carbocycles. The van der Waals surface area contributed by atoms with Crippen molar-refractivity contribution in [2.75, 3.05) is 12.3 Å². The SMILES string of the molecule is Cc1ccc2sc(C(=O)N(CC(C)C)C3CC3)c(N)c2c1. The first-order valence-corrected chi connectivity index (χ1v) is 8.38. The van der Waals surface area contributed by atoms with Crippen molar-refractivity contribution >= 4 is 33.0 Å². The number of carbonyl (C=O) groups excluding carboxylic acids is 1. The topological polar surface area (TPSA) is 46.3 Å². The fourth-order valence-electron chi connectivity index (χ4n) is 2.70. The van der Waals surface area contributed by atoms with Crippen LogP contribution < -0.4 is 5.73 Å². The quantitative estimate of drug-likeness (QED) is 0.926. The van der Waals surface area contributed by atoms with E-state index >= 15 is 0 Å². The molecule has 2 N–H and O–H groups in total. The molecule has 4 heteroatoms.